The summed E-state index contributed by atoms with van der Waals surface area (Å²) >= 11 is 0. The second-order valence-electron chi connectivity index (χ2n) is 6.74. The minimum Gasteiger partial charge on any atom is -0.352 e. The number of sulfonamides is 1. The molecular weight excluding hydrogens is 342 g/mol. The van der Waals surface area contributed by atoms with Crippen LogP contribution >= 0.6 is 0 Å². The Hall–Kier alpha value is -1.67. The normalized spacial score (nSPS) is 19.0. The van der Waals surface area contributed by atoms with Gasteiger partial charge >= 0.3 is 0 Å². The van der Waals surface area contributed by atoms with E-state index in [4.69, 9.17) is 0 Å². The molecule has 0 spiro atoms. The molecule has 0 bridgehead atoms. The number of hydrogen-bond acceptors (Lipinski definition) is 4. The zero-order chi connectivity index (χ0) is 18.8. The van der Waals surface area contributed by atoms with Crippen molar-refractivity contribution >= 4 is 15.9 Å². The average Bonchev–Trinajstić information content (AvgIpc) is 2.56. The minimum atomic E-state index is -3.21. The van der Waals surface area contributed by atoms with E-state index in [1.807, 2.05) is 13.8 Å². The van der Waals surface area contributed by atoms with E-state index in [1.54, 1.807) is 13.1 Å². The SMILES string of the molecule is CCc1c(C)cc(C(=O)NC[C@@H]2CCCN(S(C)(=O)=O)C2)c(=O)n1C. The van der Waals surface area contributed by atoms with Gasteiger partial charge in [-0.05, 0) is 43.7 Å². The predicted octanol–water partition coefficient (Wildman–Crippen LogP) is 0.658. The standard InChI is InChI=1S/C17H27N3O4S/c1-5-15-12(2)9-14(17(22)19(15)3)16(21)18-10-13-7-6-8-20(11-13)25(4,23)24/h9,13H,5-8,10-11H2,1-4H3,(H,18,21)/t13-/m0/s1. The fourth-order valence-electron chi connectivity index (χ4n) is 3.43. The maximum Gasteiger partial charge on any atom is 0.263 e. The Morgan fingerprint density at radius 2 is 2.08 bits per heavy atom. The second kappa shape index (κ2) is 7.70. The number of carbonyl (C=O) groups excluding carboxylic acids is 1. The van der Waals surface area contributed by atoms with E-state index >= 15 is 0 Å². The lowest BCUT2D eigenvalue weighted by atomic mass is 9.99. The smallest absolute Gasteiger partial charge is 0.263 e. The van der Waals surface area contributed by atoms with Crippen LogP contribution in [0.5, 0.6) is 0 Å². The number of amides is 1. The molecular formula is C17H27N3O4S. The number of carbonyl (C=O) groups is 1. The molecule has 1 amide bonds. The number of rotatable bonds is 5. The van der Waals surface area contributed by atoms with Gasteiger partial charge in [-0.15, -0.1) is 0 Å². The monoisotopic (exact) mass is 369 g/mol. The zero-order valence-electron chi connectivity index (χ0n) is 15.3. The molecule has 1 fully saturated rings. The van der Waals surface area contributed by atoms with Crippen LogP contribution in [-0.4, -0.2) is 49.1 Å². The Morgan fingerprint density at radius 1 is 1.40 bits per heavy atom. The van der Waals surface area contributed by atoms with Crippen LogP contribution in [0.1, 0.15) is 41.4 Å². The molecule has 0 saturated carbocycles. The van der Waals surface area contributed by atoms with Crippen molar-refractivity contribution in [1.82, 2.24) is 14.2 Å². The Labute approximate surface area is 149 Å². The number of nitrogens with zero attached hydrogens (tertiary/aromatic N) is 2. The minimum absolute atomic E-state index is 0.0623. The summed E-state index contributed by atoms with van der Waals surface area (Å²) in [6.07, 6.45) is 3.57. The molecule has 1 aliphatic rings. The van der Waals surface area contributed by atoms with Crippen LogP contribution in [0.2, 0.25) is 0 Å². The quantitative estimate of drug-likeness (QED) is 0.826. The Kier molecular flexibility index (Phi) is 6.05. The summed E-state index contributed by atoms with van der Waals surface area (Å²) in [5.74, 6) is -0.338. The molecule has 7 nitrogen and oxygen atoms in total. The first-order valence-corrected chi connectivity index (χ1v) is 10.4. The molecule has 1 aromatic rings. The van der Waals surface area contributed by atoms with E-state index in [9.17, 15) is 18.0 Å². The van der Waals surface area contributed by atoms with Gasteiger partial charge in [0.2, 0.25) is 10.0 Å². The molecule has 0 aromatic carbocycles. The van der Waals surface area contributed by atoms with Crippen molar-refractivity contribution < 1.29 is 13.2 Å². The van der Waals surface area contributed by atoms with E-state index in [0.29, 0.717) is 19.6 Å². The molecule has 8 heteroatoms. The molecule has 25 heavy (non-hydrogen) atoms. The number of aromatic nitrogens is 1. The highest BCUT2D eigenvalue weighted by Gasteiger charge is 2.26. The number of pyridine rings is 1. The molecule has 1 aliphatic heterocycles. The van der Waals surface area contributed by atoms with Crippen molar-refractivity contribution in [1.29, 1.82) is 0 Å². The van der Waals surface area contributed by atoms with Crippen LogP contribution in [0.15, 0.2) is 10.9 Å². The van der Waals surface area contributed by atoms with Crippen LogP contribution < -0.4 is 10.9 Å². The summed E-state index contributed by atoms with van der Waals surface area (Å²) in [5.41, 5.74) is 1.66. The van der Waals surface area contributed by atoms with E-state index in [2.05, 4.69) is 5.32 Å². The topological polar surface area (TPSA) is 88.5 Å². The molecule has 1 aromatic heterocycles. The molecule has 0 unspecified atom stereocenters. The number of hydrogen-bond donors (Lipinski definition) is 1. The van der Waals surface area contributed by atoms with Gasteiger partial charge in [0.25, 0.3) is 11.5 Å². The third-order valence-electron chi connectivity index (χ3n) is 4.84. The summed E-state index contributed by atoms with van der Waals surface area (Å²) in [5, 5.41) is 2.80. The van der Waals surface area contributed by atoms with Gasteiger partial charge in [-0.1, -0.05) is 6.92 Å². The van der Waals surface area contributed by atoms with E-state index in [-0.39, 0.29) is 17.0 Å². The first-order valence-electron chi connectivity index (χ1n) is 8.58. The average molecular weight is 369 g/mol. The maximum atomic E-state index is 12.4. The van der Waals surface area contributed by atoms with Crippen LogP contribution in [-0.2, 0) is 23.5 Å². The fourth-order valence-corrected chi connectivity index (χ4v) is 4.38. The summed E-state index contributed by atoms with van der Waals surface area (Å²) in [7, 11) is -1.53. The third-order valence-corrected chi connectivity index (χ3v) is 6.11. The summed E-state index contributed by atoms with van der Waals surface area (Å²) in [6.45, 7) is 5.16. The van der Waals surface area contributed by atoms with Crippen molar-refractivity contribution in [2.75, 3.05) is 25.9 Å². The molecule has 1 N–H and O–H groups in total. The lowest BCUT2D eigenvalue weighted by Gasteiger charge is -2.30. The van der Waals surface area contributed by atoms with Gasteiger partial charge in [-0.25, -0.2) is 12.7 Å². The van der Waals surface area contributed by atoms with Crippen molar-refractivity contribution in [3.05, 3.63) is 33.2 Å². The lowest BCUT2D eigenvalue weighted by molar-refractivity contribution is 0.0939. The van der Waals surface area contributed by atoms with E-state index in [1.165, 1.54) is 15.1 Å². The Balaban J connectivity index is 2.07. The lowest BCUT2D eigenvalue weighted by Crippen LogP contribution is -2.44. The van der Waals surface area contributed by atoms with Gasteiger partial charge in [0.1, 0.15) is 5.56 Å². The van der Waals surface area contributed by atoms with Crippen molar-refractivity contribution in [2.24, 2.45) is 13.0 Å². The molecule has 2 heterocycles. The van der Waals surface area contributed by atoms with Gasteiger partial charge < -0.3 is 9.88 Å². The molecule has 1 atom stereocenters. The maximum absolute atomic E-state index is 12.4. The molecule has 2 rings (SSSR count). The molecule has 1 saturated heterocycles. The van der Waals surface area contributed by atoms with Crippen LogP contribution in [0.25, 0.3) is 0 Å². The molecule has 0 radical (unpaired) electrons. The van der Waals surface area contributed by atoms with Crippen molar-refractivity contribution in [3.63, 3.8) is 0 Å². The first-order chi connectivity index (χ1) is 11.6. The van der Waals surface area contributed by atoms with Crippen LogP contribution in [0.4, 0.5) is 0 Å². The summed E-state index contributed by atoms with van der Waals surface area (Å²) in [4.78, 5) is 24.8. The summed E-state index contributed by atoms with van der Waals surface area (Å²) < 4.78 is 26.3. The van der Waals surface area contributed by atoms with Crippen LogP contribution in [0.3, 0.4) is 0 Å². The van der Waals surface area contributed by atoms with Gasteiger partial charge in [-0.3, -0.25) is 9.59 Å². The molecule has 0 aliphatic carbocycles. The van der Waals surface area contributed by atoms with Gasteiger partial charge in [0.05, 0.1) is 6.26 Å². The number of nitrogens with one attached hydrogen (secondary N) is 1. The Bertz CT molecular complexity index is 814. The van der Waals surface area contributed by atoms with Crippen molar-refractivity contribution in [2.45, 2.75) is 33.1 Å². The number of piperidine rings is 1. The second-order valence-corrected chi connectivity index (χ2v) is 8.73. The molecule has 140 valence electrons. The first kappa shape index (κ1) is 19.7. The van der Waals surface area contributed by atoms with Gasteiger partial charge in [0.15, 0.2) is 0 Å². The highest BCUT2D eigenvalue weighted by Crippen LogP contribution is 2.18. The fraction of sp³-hybridized carbons (Fsp3) is 0.647. The number of aryl methyl sites for hydroxylation is 1. The highest BCUT2D eigenvalue weighted by molar-refractivity contribution is 7.88. The van der Waals surface area contributed by atoms with Crippen LogP contribution in [0, 0.1) is 12.8 Å². The van der Waals surface area contributed by atoms with E-state index < -0.39 is 15.9 Å². The summed E-state index contributed by atoms with van der Waals surface area (Å²) in [6, 6.07) is 1.64. The largest absolute Gasteiger partial charge is 0.352 e. The van der Waals surface area contributed by atoms with Gasteiger partial charge in [0, 0.05) is 32.4 Å². The van der Waals surface area contributed by atoms with Gasteiger partial charge in [-0.2, -0.15) is 0 Å². The van der Waals surface area contributed by atoms with Crippen molar-refractivity contribution in [3.8, 4) is 0 Å². The zero-order valence-corrected chi connectivity index (χ0v) is 16.1. The third kappa shape index (κ3) is 4.49. The van der Waals surface area contributed by atoms with E-state index in [0.717, 1.165) is 30.5 Å². The predicted molar refractivity (Wildman–Crippen MR) is 97.3 cm³/mol. The Morgan fingerprint density at radius 3 is 2.68 bits per heavy atom. The highest BCUT2D eigenvalue weighted by atomic mass is 32.2.